The fourth-order valence-corrected chi connectivity index (χ4v) is 0.873. The van der Waals surface area contributed by atoms with Gasteiger partial charge >= 0.3 is 0 Å². The molecule has 0 aliphatic carbocycles. The number of Topliss-reactive ketones (excluding diaryl/α,β-unsaturated/α-hetero) is 1. The zero-order valence-corrected chi connectivity index (χ0v) is 7.15. The monoisotopic (exact) mass is 160 g/mol. The summed E-state index contributed by atoms with van der Waals surface area (Å²) in [6.45, 7) is 3.89. The molecule has 0 aliphatic heterocycles. The first-order chi connectivity index (χ1) is 4.52. The number of rotatable bonds is 4. The Labute approximate surface area is 66.4 Å². The van der Waals surface area contributed by atoms with Gasteiger partial charge in [-0.05, 0) is 5.92 Å². The van der Waals surface area contributed by atoms with Gasteiger partial charge in [-0.2, -0.15) is 0 Å². The number of ketones is 1. The maximum absolute atomic E-state index is 10.8. The van der Waals surface area contributed by atoms with E-state index >= 15 is 0 Å². The molecular weight excluding hydrogens is 148 g/mol. The molecule has 0 saturated carbocycles. The van der Waals surface area contributed by atoms with Gasteiger partial charge in [0.2, 0.25) is 0 Å². The minimum Gasteiger partial charge on any atom is -0.299 e. The molecule has 0 unspecified atom stereocenters. The quantitative estimate of drug-likeness (QED) is 0.499. The molecule has 58 valence electrons. The van der Waals surface area contributed by atoms with E-state index in [2.05, 4.69) is 12.6 Å². The lowest BCUT2D eigenvalue weighted by molar-refractivity contribution is -0.123. The van der Waals surface area contributed by atoms with Crippen LogP contribution in [0, 0.1) is 5.92 Å². The molecule has 0 heterocycles. The molecule has 10 heavy (non-hydrogen) atoms. The predicted molar refractivity (Wildman–Crippen MR) is 43.1 cm³/mol. The molecule has 2 nitrogen and oxygen atoms in total. The van der Waals surface area contributed by atoms with E-state index in [0.717, 1.165) is 0 Å². The van der Waals surface area contributed by atoms with Crippen molar-refractivity contribution in [1.29, 1.82) is 0 Å². The third kappa shape index (κ3) is 5.82. The van der Waals surface area contributed by atoms with E-state index in [1.165, 1.54) is 0 Å². The van der Waals surface area contributed by atoms with Crippen molar-refractivity contribution in [2.75, 3.05) is 0 Å². The third-order valence-corrected chi connectivity index (χ3v) is 1.14. The molecule has 0 aromatic carbocycles. The van der Waals surface area contributed by atoms with Crippen LogP contribution in [0.1, 0.15) is 26.7 Å². The van der Waals surface area contributed by atoms with Crippen LogP contribution in [-0.4, -0.2) is 10.9 Å². The Kier molecular flexibility index (Phi) is 4.36. The van der Waals surface area contributed by atoms with E-state index in [9.17, 15) is 9.59 Å². The average Bonchev–Trinajstić information content (AvgIpc) is 1.58. The highest BCUT2D eigenvalue weighted by molar-refractivity contribution is 7.96. The van der Waals surface area contributed by atoms with E-state index in [1.54, 1.807) is 0 Å². The Morgan fingerprint density at radius 3 is 2.20 bits per heavy atom. The van der Waals surface area contributed by atoms with E-state index in [4.69, 9.17) is 0 Å². The fraction of sp³-hybridized carbons (Fsp3) is 0.714. The van der Waals surface area contributed by atoms with Crippen molar-refractivity contribution in [2.45, 2.75) is 26.7 Å². The second-order valence-electron chi connectivity index (χ2n) is 2.71. The number of carbonyl (C=O) groups excluding carboxylic acids is 2. The first kappa shape index (κ1) is 9.69. The van der Waals surface area contributed by atoms with Crippen LogP contribution in [0.25, 0.3) is 0 Å². The van der Waals surface area contributed by atoms with Crippen LogP contribution in [0.5, 0.6) is 0 Å². The van der Waals surface area contributed by atoms with Gasteiger partial charge in [0.1, 0.15) is 5.78 Å². The van der Waals surface area contributed by atoms with Crippen molar-refractivity contribution < 1.29 is 9.59 Å². The molecule has 0 spiro atoms. The molecule has 0 rings (SSSR count). The highest BCUT2D eigenvalue weighted by Gasteiger charge is 2.07. The van der Waals surface area contributed by atoms with Crippen LogP contribution in [0.15, 0.2) is 0 Å². The van der Waals surface area contributed by atoms with Gasteiger partial charge in [0.15, 0.2) is 5.12 Å². The number of hydrogen-bond donors (Lipinski definition) is 1. The van der Waals surface area contributed by atoms with E-state index < -0.39 is 0 Å². The van der Waals surface area contributed by atoms with Gasteiger partial charge in [-0.1, -0.05) is 13.8 Å². The van der Waals surface area contributed by atoms with Crippen molar-refractivity contribution in [3.63, 3.8) is 0 Å². The maximum Gasteiger partial charge on any atom is 0.193 e. The van der Waals surface area contributed by atoms with Gasteiger partial charge in [0, 0.05) is 6.42 Å². The summed E-state index contributed by atoms with van der Waals surface area (Å²) in [5.41, 5.74) is 0. The first-order valence-corrected chi connectivity index (χ1v) is 3.70. The molecule has 0 aliphatic rings. The van der Waals surface area contributed by atoms with Crippen LogP contribution in [0.4, 0.5) is 0 Å². The van der Waals surface area contributed by atoms with Crippen LogP contribution < -0.4 is 0 Å². The average molecular weight is 160 g/mol. The van der Waals surface area contributed by atoms with E-state index in [-0.39, 0.29) is 17.3 Å². The Balaban J connectivity index is 3.54. The third-order valence-electron chi connectivity index (χ3n) is 0.984. The largest absolute Gasteiger partial charge is 0.299 e. The van der Waals surface area contributed by atoms with Crippen LogP contribution in [0.3, 0.4) is 0 Å². The molecule has 0 aromatic rings. The Morgan fingerprint density at radius 1 is 1.40 bits per heavy atom. The summed E-state index contributed by atoms with van der Waals surface area (Å²) in [4.78, 5) is 21.1. The van der Waals surface area contributed by atoms with Crippen molar-refractivity contribution in [3.05, 3.63) is 0 Å². The molecule has 0 bridgehead atoms. The molecular formula is C7H12O2S. The summed E-state index contributed by atoms with van der Waals surface area (Å²) < 4.78 is 0. The summed E-state index contributed by atoms with van der Waals surface area (Å²) in [6.07, 6.45) is 0.452. The highest BCUT2D eigenvalue weighted by atomic mass is 32.1. The molecule has 0 aromatic heterocycles. The fourth-order valence-electron chi connectivity index (χ4n) is 0.696. The Hall–Kier alpha value is -0.310. The van der Waals surface area contributed by atoms with Gasteiger partial charge in [0.25, 0.3) is 0 Å². The highest BCUT2D eigenvalue weighted by Crippen LogP contribution is 2.03. The zero-order valence-electron chi connectivity index (χ0n) is 6.26. The zero-order chi connectivity index (χ0) is 8.15. The Bertz CT molecular complexity index is 141. The van der Waals surface area contributed by atoms with Crippen molar-refractivity contribution >= 4 is 23.5 Å². The summed E-state index contributed by atoms with van der Waals surface area (Å²) in [6, 6.07) is 0. The van der Waals surface area contributed by atoms with Crippen LogP contribution in [-0.2, 0) is 9.59 Å². The summed E-state index contributed by atoms with van der Waals surface area (Å²) >= 11 is 3.50. The molecule has 0 atom stereocenters. The first-order valence-electron chi connectivity index (χ1n) is 3.26. The normalized spacial score (nSPS) is 10.0. The minimum atomic E-state index is -0.342. The van der Waals surface area contributed by atoms with Gasteiger partial charge < -0.3 is 0 Å². The lowest BCUT2D eigenvalue weighted by Gasteiger charge is -1.99. The second-order valence-corrected chi connectivity index (χ2v) is 3.21. The van der Waals surface area contributed by atoms with E-state index in [0.29, 0.717) is 12.3 Å². The van der Waals surface area contributed by atoms with Gasteiger partial charge in [-0.25, -0.2) is 0 Å². The lowest BCUT2D eigenvalue weighted by atomic mass is 10.1. The summed E-state index contributed by atoms with van der Waals surface area (Å²) in [5, 5.41) is -0.342. The lowest BCUT2D eigenvalue weighted by Crippen LogP contribution is -2.05. The van der Waals surface area contributed by atoms with Crippen molar-refractivity contribution in [3.8, 4) is 0 Å². The summed E-state index contributed by atoms with van der Waals surface area (Å²) in [7, 11) is 0. The SMILES string of the molecule is CC(C)CC(=O)CC(=O)S. The number of carbonyl (C=O) groups is 2. The van der Waals surface area contributed by atoms with Crippen LogP contribution in [0.2, 0.25) is 0 Å². The predicted octanol–water partition coefficient (Wildman–Crippen LogP) is 1.45. The molecule has 0 amide bonds. The molecule has 0 saturated heterocycles. The molecule has 0 fully saturated rings. The standard InChI is InChI=1S/C7H12O2S/c1-5(2)3-6(8)4-7(9)10/h5H,3-4H2,1-2H3,(H,9,10). The minimum absolute atomic E-state index is 0.0185. The number of hydrogen-bond acceptors (Lipinski definition) is 2. The number of thiol groups is 1. The van der Waals surface area contributed by atoms with E-state index in [1.807, 2.05) is 13.8 Å². The Morgan fingerprint density at radius 2 is 1.90 bits per heavy atom. The van der Waals surface area contributed by atoms with Crippen molar-refractivity contribution in [1.82, 2.24) is 0 Å². The van der Waals surface area contributed by atoms with Crippen molar-refractivity contribution in [2.24, 2.45) is 5.92 Å². The second kappa shape index (κ2) is 4.50. The van der Waals surface area contributed by atoms with Gasteiger partial charge in [-0.3, -0.25) is 9.59 Å². The summed E-state index contributed by atoms with van der Waals surface area (Å²) in [5.74, 6) is 0.315. The molecule has 0 radical (unpaired) electrons. The van der Waals surface area contributed by atoms with Gasteiger partial charge in [-0.15, -0.1) is 12.6 Å². The smallest absolute Gasteiger partial charge is 0.193 e. The molecule has 3 heteroatoms. The maximum atomic E-state index is 10.8. The van der Waals surface area contributed by atoms with Gasteiger partial charge in [0.05, 0.1) is 6.42 Å². The topological polar surface area (TPSA) is 34.1 Å². The molecule has 0 N–H and O–H groups in total. The van der Waals surface area contributed by atoms with Crippen LogP contribution >= 0.6 is 12.6 Å².